The van der Waals surface area contributed by atoms with Gasteiger partial charge in [0.15, 0.2) is 0 Å². The first-order valence-electron chi connectivity index (χ1n) is 5.19. The van der Waals surface area contributed by atoms with Crippen LogP contribution in [0, 0.1) is 22.7 Å². The number of carbonyl (C=O) groups excluding carboxylic acids is 1. The average molecular weight is 232 g/mol. The first-order chi connectivity index (χ1) is 7.43. The van der Waals surface area contributed by atoms with Gasteiger partial charge in [0.2, 0.25) is 0 Å². The Hall–Kier alpha value is -1.34. The summed E-state index contributed by atoms with van der Waals surface area (Å²) in [6.45, 7) is 4.10. The number of ketones is 1. The molecule has 16 heavy (non-hydrogen) atoms. The summed E-state index contributed by atoms with van der Waals surface area (Å²) < 4.78 is 0. The van der Waals surface area contributed by atoms with Gasteiger partial charge in [-0.1, -0.05) is 26.1 Å². The van der Waals surface area contributed by atoms with Gasteiger partial charge in [-0.25, -0.2) is 4.99 Å². The SMILES string of the molecule is CC1(C)CC(=O)C2C=C(C#N)C(=S)N=C2C1. The molecule has 1 unspecified atom stereocenters. The molecule has 1 atom stereocenters. The predicted molar refractivity (Wildman–Crippen MR) is 65.2 cm³/mol. The van der Waals surface area contributed by atoms with Crippen LogP contribution in [0.3, 0.4) is 0 Å². The van der Waals surface area contributed by atoms with Crippen LogP contribution in [0.5, 0.6) is 0 Å². The van der Waals surface area contributed by atoms with E-state index in [-0.39, 0.29) is 17.1 Å². The fourth-order valence-electron chi connectivity index (χ4n) is 2.24. The highest BCUT2D eigenvalue weighted by Gasteiger charge is 2.39. The Balaban J connectivity index is 2.40. The number of dihydropyridines is 1. The van der Waals surface area contributed by atoms with E-state index >= 15 is 0 Å². The molecule has 4 heteroatoms. The molecule has 2 rings (SSSR count). The van der Waals surface area contributed by atoms with Gasteiger partial charge in [0.1, 0.15) is 16.8 Å². The van der Waals surface area contributed by atoms with Crippen LogP contribution in [-0.2, 0) is 4.79 Å². The summed E-state index contributed by atoms with van der Waals surface area (Å²) in [5, 5.41) is 8.85. The lowest BCUT2D eigenvalue weighted by Gasteiger charge is -2.34. The quantitative estimate of drug-likeness (QED) is 0.602. The fraction of sp³-hybridized carbons (Fsp3) is 0.500. The molecule has 3 nitrogen and oxygen atoms in total. The number of thiocarbonyl (C=S) groups is 1. The first kappa shape index (κ1) is 11.2. The van der Waals surface area contributed by atoms with Gasteiger partial charge in [-0.3, -0.25) is 4.79 Å². The van der Waals surface area contributed by atoms with Crippen LogP contribution >= 0.6 is 12.2 Å². The maximum Gasteiger partial charge on any atom is 0.145 e. The van der Waals surface area contributed by atoms with E-state index in [9.17, 15) is 4.79 Å². The molecule has 1 aliphatic carbocycles. The number of fused-ring (bicyclic) bond motifs is 1. The van der Waals surface area contributed by atoms with Gasteiger partial charge in [-0.15, -0.1) is 0 Å². The van der Waals surface area contributed by atoms with E-state index in [4.69, 9.17) is 17.5 Å². The number of aliphatic imine (C=N–C) groups is 1. The molecule has 0 N–H and O–H groups in total. The highest BCUT2D eigenvalue weighted by atomic mass is 32.1. The van der Waals surface area contributed by atoms with Crippen LogP contribution in [0.1, 0.15) is 26.7 Å². The molecule has 1 heterocycles. The highest BCUT2D eigenvalue weighted by Crippen LogP contribution is 2.37. The lowest BCUT2D eigenvalue weighted by Crippen LogP contribution is -2.38. The van der Waals surface area contributed by atoms with E-state index in [1.807, 2.05) is 6.07 Å². The van der Waals surface area contributed by atoms with Crippen molar-refractivity contribution < 1.29 is 4.79 Å². The van der Waals surface area contributed by atoms with E-state index in [1.54, 1.807) is 6.08 Å². The summed E-state index contributed by atoms with van der Waals surface area (Å²) in [6.07, 6.45) is 2.99. The smallest absolute Gasteiger partial charge is 0.145 e. The fourth-order valence-corrected chi connectivity index (χ4v) is 2.47. The van der Waals surface area contributed by atoms with Crippen molar-refractivity contribution in [1.29, 1.82) is 5.26 Å². The zero-order valence-corrected chi connectivity index (χ0v) is 10.1. The van der Waals surface area contributed by atoms with Crippen molar-refractivity contribution >= 4 is 28.7 Å². The lowest BCUT2D eigenvalue weighted by molar-refractivity contribution is -0.122. The molecule has 1 aliphatic heterocycles. The van der Waals surface area contributed by atoms with E-state index < -0.39 is 0 Å². The van der Waals surface area contributed by atoms with Crippen LogP contribution in [0.15, 0.2) is 16.6 Å². The number of carbonyl (C=O) groups is 1. The van der Waals surface area contributed by atoms with Crippen LogP contribution in [0.2, 0.25) is 0 Å². The summed E-state index contributed by atoms with van der Waals surface area (Å²) in [7, 11) is 0. The summed E-state index contributed by atoms with van der Waals surface area (Å²) in [5.41, 5.74) is 1.14. The van der Waals surface area contributed by atoms with Crippen molar-refractivity contribution in [2.24, 2.45) is 16.3 Å². The molecule has 0 aromatic carbocycles. The summed E-state index contributed by atoms with van der Waals surface area (Å²) in [5.74, 6) is -0.167. The Bertz CT molecular complexity index is 480. The number of hydrogen-bond donors (Lipinski definition) is 0. The average Bonchev–Trinajstić information content (AvgIpc) is 2.14. The first-order valence-corrected chi connectivity index (χ1v) is 5.60. The molecular formula is C12H12N2OS. The third kappa shape index (κ3) is 1.83. The molecule has 0 bridgehead atoms. The van der Waals surface area contributed by atoms with Crippen LogP contribution in [0.25, 0.3) is 0 Å². The van der Waals surface area contributed by atoms with Gasteiger partial charge in [-0.05, 0) is 17.9 Å². The molecule has 0 spiro atoms. The molecule has 82 valence electrons. The van der Waals surface area contributed by atoms with Crippen molar-refractivity contribution in [2.45, 2.75) is 26.7 Å². The zero-order chi connectivity index (χ0) is 11.9. The number of hydrogen-bond acceptors (Lipinski definition) is 3. The summed E-state index contributed by atoms with van der Waals surface area (Å²) in [6, 6.07) is 1.99. The van der Waals surface area contributed by atoms with Crippen LogP contribution < -0.4 is 0 Å². The summed E-state index contributed by atoms with van der Waals surface area (Å²) >= 11 is 5.02. The zero-order valence-electron chi connectivity index (χ0n) is 9.28. The van der Waals surface area contributed by atoms with Crippen molar-refractivity contribution in [3.63, 3.8) is 0 Å². The van der Waals surface area contributed by atoms with Crippen molar-refractivity contribution in [1.82, 2.24) is 0 Å². The Morgan fingerprint density at radius 3 is 2.88 bits per heavy atom. The third-order valence-electron chi connectivity index (χ3n) is 2.95. The van der Waals surface area contributed by atoms with E-state index in [0.29, 0.717) is 17.0 Å². The molecule has 1 fully saturated rings. The molecule has 0 radical (unpaired) electrons. The second kappa shape index (κ2) is 3.60. The van der Waals surface area contributed by atoms with Crippen LogP contribution in [-0.4, -0.2) is 16.5 Å². The van der Waals surface area contributed by atoms with E-state index in [2.05, 4.69) is 18.8 Å². The summed E-state index contributed by atoms with van der Waals surface area (Å²) in [4.78, 5) is 16.5. The maximum absolute atomic E-state index is 11.9. The second-order valence-corrected chi connectivity index (χ2v) is 5.45. The van der Waals surface area contributed by atoms with Gasteiger partial charge in [0.05, 0.1) is 11.5 Å². The van der Waals surface area contributed by atoms with Gasteiger partial charge < -0.3 is 0 Å². The van der Waals surface area contributed by atoms with E-state index in [1.165, 1.54) is 0 Å². The number of nitriles is 1. The van der Waals surface area contributed by atoms with Gasteiger partial charge in [0, 0.05) is 12.1 Å². The normalized spacial score (nSPS) is 27.7. The standard InChI is InChI=1S/C12H12N2OS/c1-12(2)4-9-8(10(15)5-12)3-7(6-13)11(16)14-9/h3,8H,4-5H2,1-2H3. The Morgan fingerprint density at radius 2 is 2.25 bits per heavy atom. The molecule has 1 saturated carbocycles. The maximum atomic E-state index is 11.9. The Morgan fingerprint density at radius 1 is 1.56 bits per heavy atom. The lowest BCUT2D eigenvalue weighted by atomic mass is 9.70. The molecule has 0 aromatic rings. The van der Waals surface area contributed by atoms with Crippen molar-refractivity contribution in [3.05, 3.63) is 11.6 Å². The highest BCUT2D eigenvalue weighted by molar-refractivity contribution is 7.80. The van der Waals surface area contributed by atoms with Gasteiger partial charge in [0.25, 0.3) is 0 Å². The van der Waals surface area contributed by atoms with Gasteiger partial charge >= 0.3 is 0 Å². The van der Waals surface area contributed by atoms with E-state index in [0.717, 1.165) is 12.1 Å². The number of Topliss-reactive ketones (excluding diaryl/α,β-unsaturated/α-hetero) is 1. The topological polar surface area (TPSA) is 53.2 Å². The molecule has 0 saturated heterocycles. The minimum absolute atomic E-state index is 0.0417. The Kier molecular flexibility index (Phi) is 2.51. The molecular weight excluding hydrogens is 220 g/mol. The minimum Gasteiger partial charge on any atom is -0.299 e. The van der Waals surface area contributed by atoms with Gasteiger partial charge in [-0.2, -0.15) is 5.26 Å². The number of allylic oxidation sites excluding steroid dienone is 1. The second-order valence-electron chi connectivity index (χ2n) is 5.06. The number of rotatable bonds is 0. The third-order valence-corrected chi connectivity index (χ3v) is 3.26. The predicted octanol–water partition coefficient (Wildman–Crippen LogP) is 2.22. The van der Waals surface area contributed by atoms with Crippen molar-refractivity contribution in [2.75, 3.05) is 0 Å². The molecule has 2 aliphatic rings. The molecule has 0 aromatic heterocycles. The Labute approximate surface area is 99.9 Å². The van der Waals surface area contributed by atoms with Crippen LogP contribution in [0.4, 0.5) is 0 Å². The minimum atomic E-state index is -0.311. The van der Waals surface area contributed by atoms with Crippen molar-refractivity contribution in [3.8, 4) is 6.07 Å². The molecule has 0 amide bonds. The monoisotopic (exact) mass is 232 g/mol. The number of nitrogens with zero attached hydrogens (tertiary/aromatic N) is 2. The largest absolute Gasteiger partial charge is 0.299 e.